The lowest BCUT2D eigenvalue weighted by molar-refractivity contribution is 0.0861. The first-order valence-corrected chi connectivity index (χ1v) is 6.34. The van der Waals surface area contributed by atoms with Crippen LogP contribution in [-0.2, 0) is 0 Å². The minimum atomic E-state index is 0.721. The highest BCUT2D eigenvalue weighted by Gasteiger charge is 2.26. The van der Waals surface area contributed by atoms with Gasteiger partial charge in [-0.2, -0.15) is 0 Å². The third-order valence-electron chi connectivity index (χ3n) is 4.09. The van der Waals surface area contributed by atoms with E-state index in [0.29, 0.717) is 0 Å². The summed E-state index contributed by atoms with van der Waals surface area (Å²) in [6.07, 6.45) is 10.2. The Balaban J connectivity index is 1.61. The van der Waals surface area contributed by atoms with Gasteiger partial charge in [0.05, 0.1) is 0 Å². The van der Waals surface area contributed by atoms with E-state index in [4.69, 9.17) is 5.73 Å². The van der Waals surface area contributed by atoms with Crippen molar-refractivity contribution in [3.63, 3.8) is 0 Å². The maximum atomic E-state index is 5.69. The fourth-order valence-electron chi connectivity index (χ4n) is 2.88. The second-order valence-electron chi connectivity index (χ2n) is 5.01. The summed E-state index contributed by atoms with van der Waals surface area (Å²) >= 11 is 0. The van der Waals surface area contributed by atoms with Crippen LogP contribution in [0, 0.1) is 5.92 Å². The first kappa shape index (κ1) is 10.4. The predicted octanol–water partition coefficient (Wildman–Crippen LogP) is 1.99. The number of rotatable bonds is 4. The molecule has 0 aromatic rings. The van der Waals surface area contributed by atoms with Gasteiger partial charge in [0.25, 0.3) is 0 Å². The monoisotopic (exact) mass is 196 g/mol. The van der Waals surface area contributed by atoms with E-state index in [9.17, 15) is 0 Å². The van der Waals surface area contributed by atoms with Crippen LogP contribution in [0.5, 0.6) is 0 Å². The van der Waals surface area contributed by atoms with E-state index in [2.05, 4.69) is 4.90 Å². The highest BCUT2D eigenvalue weighted by molar-refractivity contribution is 4.83. The largest absolute Gasteiger partial charge is 0.329 e. The Morgan fingerprint density at radius 3 is 2.43 bits per heavy atom. The molecular weight excluding hydrogens is 172 g/mol. The molecule has 0 bridgehead atoms. The number of nitrogens with zero attached hydrogens (tertiary/aromatic N) is 1. The highest BCUT2D eigenvalue weighted by Crippen LogP contribution is 2.27. The number of hydrogen-bond acceptors (Lipinski definition) is 2. The van der Waals surface area contributed by atoms with Crippen LogP contribution in [0.1, 0.15) is 44.9 Å². The van der Waals surface area contributed by atoms with Crippen molar-refractivity contribution < 1.29 is 0 Å². The zero-order valence-electron chi connectivity index (χ0n) is 9.25. The zero-order chi connectivity index (χ0) is 9.80. The number of likely N-dealkylation sites (tertiary alicyclic amines) is 1. The lowest BCUT2D eigenvalue weighted by Crippen LogP contribution is -2.52. The average molecular weight is 196 g/mol. The Bertz CT molecular complexity index is 160. The van der Waals surface area contributed by atoms with Gasteiger partial charge in [-0.3, -0.25) is 4.90 Å². The van der Waals surface area contributed by atoms with Crippen molar-refractivity contribution in [1.29, 1.82) is 0 Å². The molecule has 0 aromatic heterocycles. The van der Waals surface area contributed by atoms with E-state index in [1.165, 1.54) is 58.0 Å². The third-order valence-corrected chi connectivity index (χ3v) is 4.09. The molecule has 0 aromatic carbocycles. The normalized spacial score (nSPS) is 30.2. The van der Waals surface area contributed by atoms with E-state index < -0.39 is 0 Å². The first-order chi connectivity index (χ1) is 6.90. The smallest absolute Gasteiger partial charge is 0.0230 e. The Hall–Kier alpha value is -0.0800. The lowest BCUT2D eigenvalue weighted by Gasteiger charge is -2.41. The second kappa shape index (κ2) is 5.13. The summed E-state index contributed by atoms with van der Waals surface area (Å²) in [5.41, 5.74) is 5.69. The molecule has 14 heavy (non-hydrogen) atoms. The summed E-state index contributed by atoms with van der Waals surface area (Å²) in [5.74, 6) is 1.03. The molecule has 2 nitrogen and oxygen atoms in total. The standard InChI is InChI=1S/C12H24N2/c13-10-12-7-9-14(12)8-6-11-4-2-1-3-5-11/h11-12H,1-10,13H2. The van der Waals surface area contributed by atoms with E-state index >= 15 is 0 Å². The molecule has 1 saturated heterocycles. The third kappa shape index (κ3) is 2.48. The summed E-state index contributed by atoms with van der Waals surface area (Å²) < 4.78 is 0. The van der Waals surface area contributed by atoms with E-state index in [-0.39, 0.29) is 0 Å². The molecule has 0 radical (unpaired) electrons. The molecule has 0 spiro atoms. The number of nitrogens with two attached hydrogens (primary N) is 1. The lowest BCUT2D eigenvalue weighted by atomic mass is 9.86. The molecule has 1 atom stereocenters. The molecule has 1 aliphatic heterocycles. The molecule has 1 aliphatic carbocycles. The van der Waals surface area contributed by atoms with Gasteiger partial charge >= 0.3 is 0 Å². The van der Waals surface area contributed by atoms with Gasteiger partial charge in [-0.25, -0.2) is 0 Å². The van der Waals surface area contributed by atoms with Crippen LogP contribution in [-0.4, -0.2) is 30.6 Å². The fraction of sp³-hybridized carbons (Fsp3) is 1.00. The Morgan fingerprint density at radius 1 is 1.07 bits per heavy atom. The van der Waals surface area contributed by atoms with Crippen LogP contribution < -0.4 is 5.73 Å². The quantitative estimate of drug-likeness (QED) is 0.745. The molecular formula is C12H24N2. The number of hydrogen-bond donors (Lipinski definition) is 1. The van der Waals surface area contributed by atoms with Gasteiger partial charge in [0.15, 0.2) is 0 Å². The Kier molecular flexibility index (Phi) is 3.82. The molecule has 2 N–H and O–H groups in total. The van der Waals surface area contributed by atoms with E-state index in [1.54, 1.807) is 0 Å². The summed E-state index contributed by atoms with van der Waals surface area (Å²) in [7, 11) is 0. The van der Waals surface area contributed by atoms with Crippen molar-refractivity contribution in [3.05, 3.63) is 0 Å². The van der Waals surface area contributed by atoms with Gasteiger partial charge in [-0.05, 0) is 25.3 Å². The Labute approximate surface area is 87.8 Å². The highest BCUT2D eigenvalue weighted by atomic mass is 15.2. The summed E-state index contributed by atoms with van der Waals surface area (Å²) in [6, 6.07) is 0.721. The van der Waals surface area contributed by atoms with Crippen molar-refractivity contribution in [2.45, 2.75) is 51.0 Å². The van der Waals surface area contributed by atoms with Crippen molar-refractivity contribution in [2.75, 3.05) is 19.6 Å². The topological polar surface area (TPSA) is 29.3 Å². The van der Waals surface area contributed by atoms with Crippen LogP contribution in [0.3, 0.4) is 0 Å². The van der Waals surface area contributed by atoms with Crippen molar-refractivity contribution in [2.24, 2.45) is 11.7 Å². The molecule has 1 unspecified atom stereocenters. The summed E-state index contributed by atoms with van der Waals surface area (Å²) in [5, 5.41) is 0. The van der Waals surface area contributed by atoms with Crippen LogP contribution in [0.25, 0.3) is 0 Å². The van der Waals surface area contributed by atoms with Gasteiger partial charge in [-0.1, -0.05) is 32.1 Å². The molecule has 2 heteroatoms. The molecule has 0 amide bonds. The molecule has 1 heterocycles. The van der Waals surface area contributed by atoms with Gasteiger partial charge < -0.3 is 5.73 Å². The minimum Gasteiger partial charge on any atom is -0.329 e. The molecule has 1 saturated carbocycles. The average Bonchev–Trinajstić information content (AvgIpc) is 2.19. The van der Waals surface area contributed by atoms with Crippen molar-refractivity contribution in [1.82, 2.24) is 4.90 Å². The second-order valence-corrected chi connectivity index (χ2v) is 5.01. The maximum Gasteiger partial charge on any atom is 0.0230 e. The van der Waals surface area contributed by atoms with Gasteiger partial charge in [0, 0.05) is 19.1 Å². The minimum absolute atomic E-state index is 0.721. The zero-order valence-corrected chi connectivity index (χ0v) is 9.25. The molecule has 2 rings (SSSR count). The van der Waals surface area contributed by atoms with Gasteiger partial charge in [0.2, 0.25) is 0 Å². The Morgan fingerprint density at radius 2 is 1.86 bits per heavy atom. The van der Waals surface area contributed by atoms with Gasteiger partial charge in [-0.15, -0.1) is 0 Å². The molecule has 2 aliphatic rings. The summed E-state index contributed by atoms with van der Waals surface area (Å²) in [6.45, 7) is 3.48. The molecule has 2 fully saturated rings. The summed E-state index contributed by atoms with van der Waals surface area (Å²) in [4.78, 5) is 2.58. The van der Waals surface area contributed by atoms with E-state index in [0.717, 1.165) is 18.5 Å². The van der Waals surface area contributed by atoms with Crippen LogP contribution in [0.2, 0.25) is 0 Å². The predicted molar refractivity (Wildman–Crippen MR) is 60.2 cm³/mol. The molecule has 82 valence electrons. The SMILES string of the molecule is NCC1CCN1CCC1CCCCC1. The van der Waals surface area contributed by atoms with Crippen LogP contribution in [0.15, 0.2) is 0 Å². The van der Waals surface area contributed by atoms with Crippen LogP contribution >= 0.6 is 0 Å². The maximum absolute atomic E-state index is 5.69. The van der Waals surface area contributed by atoms with Crippen LogP contribution in [0.4, 0.5) is 0 Å². The van der Waals surface area contributed by atoms with Crippen molar-refractivity contribution >= 4 is 0 Å². The van der Waals surface area contributed by atoms with Gasteiger partial charge in [0.1, 0.15) is 0 Å². The fourth-order valence-corrected chi connectivity index (χ4v) is 2.88. The van der Waals surface area contributed by atoms with E-state index in [1.807, 2.05) is 0 Å². The first-order valence-electron chi connectivity index (χ1n) is 6.34. The van der Waals surface area contributed by atoms with Crippen molar-refractivity contribution in [3.8, 4) is 0 Å².